The highest BCUT2D eigenvalue weighted by Crippen LogP contribution is 2.27. The minimum Gasteiger partial charge on any atom is -0.493 e. The lowest BCUT2D eigenvalue weighted by molar-refractivity contribution is 0.297. The van der Waals surface area contributed by atoms with Crippen molar-refractivity contribution >= 4 is 33.2 Å². The summed E-state index contributed by atoms with van der Waals surface area (Å²) < 4.78 is 27.9. The molecule has 1 aliphatic heterocycles. The number of fused-ring (bicyclic) bond motifs is 1. The van der Waals surface area contributed by atoms with Crippen LogP contribution in [0.25, 0.3) is 10.8 Å². The van der Waals surface area contributed by atoms with Gasteiger partial charge in [0.15, 0.2) is 0 Å². The summed E-state index contributed by atoms with van der Waals surface area (Å²) >= 11 is 0. The standard InChI is InChI=1S/C16H22N4O3S.ClH/c21-16-14-3-1-4-15(13(14)5-7-18-16)24(22,23)19-9-12-20-10-2-6-17-8-11-20;/h1,3-5,7,17,19H,2,6,8-12H2,(H,18,21);1H. The minimum absolute atomic E-state index is 0. The van der Waals surface area contributed by atoms with Crippen molar-refractivity contribution in [3.63, 3.8) is 0 Å². The van der Waals surface area contributed by atoms with Gasteiger partial charge in [-0.1, -0.05) is 6.07 Å². The average molecular weight is 387 g/mol. The molecule has 0 bridgehead atoms. The van der Waals surface area contributed by atoms with Crippen LogP contribution in [0, 0.1) is 0 Å². The first kappa shape index (κ1) is 19.9. The summed E-state index contributed by atoms with van der Waals surface area (Å²) in [6.45, 7) is 4.88. The molecule has 0 aliphatic carbocycles. The van der Waals surface area contributed by atoms with Crippen LogP contribution in [0.3, 0.4) is 0 Å². The second kappa shape index (κ2) is 8.77. The van der Waals surface area contributed by atoms with Crippen molar-refractivity contribution < 1.29 is 13.5 Å². The second-order valence-electron chi connectivity index (χ2n) is 5.83. The monoisotopic (exact) mass is 386 g/mol. The first-order valence-electron chi connectivity index (χ1n) is 8.07. The summed E-state index contributed by atoms with van der Waals surface area (Å²) in [7, 11) is -3.64. The van der Waals surface area contributed by atoms with E-state index in [-0.39, 0.29) is 23.2 Å². The third kappa shape index (κ3) is 4.80. The van der Waals surface area contributed by atoms with Gasteiger partial charge in [0.2, 0.25) is 15.9 Å². The zero-order valence-corrected chi connectivity index (χ0v) is 15.4. The topological polar surface area (TPSA) is 94.6 Å². The Morgan fingerprint density at radius 2 is 2.04 bits per heavy atom. The number of rotatable bonds is 5. The van der Waals surface area contributed by atoms with E-state index in [2.05, 4.69) is 19.9 Å². The number of aromatic hydroxyl groups is 1. The number of sulfonamides is 1. The normalized spacial score (nSPS) is 16.3. The number of aromatic nitrogens is 1. The molecule has 0 saturated carbocycles. The van der Waals surface area contributed by atoms with Crippen molar-refractivity contribution in [2.45, 2.75) is 11.3 Å². The molecule has 1 aromatic carbocycles. The maximum absolute atomic E-state index is 12.6. The Balaban J connectivity index is 0.00000225. The van der Waals surface area contributed by atoms with Crippen molar-refractivity contribution in [1.82, 2.24) is 19.9 Å². The molecule has 9 heteroatoms. The number of pyridine rings is 1. The predicted molar refractivity (Wildman–Crippen MR) is 99.8 cm³/mol. The quantitative estimate of drug-likeness (QED) is 0.707. The molecule has 1 aliphatic rings. The molecule has 1 saturated heterocycles. The summed E-state index contributed by atoms with van der Waals surface area (Å²) in [5.41, 5.74) is 0. The molecule has 2 heterocycles. The molecule has 25 heavy (non-hydrogen) atoms. The first-order chi connectivity index (χ1) is 11.6. The van der Waals surface area contributed by atoms with Crippen molar-refractivity contribution in [1.29, 1.82) is 0 Å². The molecule has 0 atom stereocenters. The number of nitrogens with zero attached hydrogens (tertiary/aromatic N) is 2. The van der Waals surface area contributed by atoms with Gasteiger partial charge in [0.25, 0.3) is 0 Å². The maximum Gasteiger partial charge on any atom is 0.241 e. The molecular formula is C16H23ClN4O3S. The zero-order chi connectivity index (χ0) is 17.0. The van der Waals surface area contributed by atoms with Gasteiger partial charge in [0, 0.05) is 43.1 Å². The van der Waals surface area contributed by atoms with Crippen molar-refractivity contribution in [2.24, 2.45) is 0 Å². The molecule has 7 nitrogen and oxygen atoms in total. The third-order valence-electron chi connectivity index (χ3n) is 4.19. The molecule has 1 aromatic heterocycles. The van der Waals surface area contributed by atoms with Crippen LogP contribution in [0.4, 0.5) is 0 Å². The molecule has 0 radical (unpaired) electrons. The Bertz CT molecular complexity index is 808. The molecule has 0 spiro atoms. The first-order valence-corrected chi connectivity index (χ1v) is 9.56. The number of benzene rings is 1. The minimum atomic E-state index is -3.64. The maximum atomic E-state index is 12.6. The summed E-state index contributed by atoms with van der Waals surface area (Å²) in [5, 5.41) is 14.0. The predicted octanol–water partition coefficient (Wildman–Crippen LogP) is 0.936. The van der Waals surface area contributed by atoms with Gasteiger partial charge in [-0.3, -0.25) is 0 Å². The van der Waals surface area contributed by atoms with E-state index in [4.69, 9.17) is 0 Å². The van der Waals surface area contributed by atoms with Gasteiger partial charge in [-0.05, 0) is 37.7 Å². The fourth-order valence-corrected chi connectivity index (χ4v) is 4.18. The lowest BCUT2D eigenvalue weighted by Crippen LogP contribution is -2.36. The van der Waals surface area contributed by atoms with Gasteiger partial charge in [0.05, 0.1) is 4.90 Å². The van der Waals surface area contributed by atoms with Gasteiger partial charge in [-0.15, -0.1) is 12.4 Å². The fourth-order valence-electron chi connectivity index (χ4n) is 2.94. The average Bonchev–Trinajstić information content (AvgIpc) is 2.83. The fraction of sp³-hybridized carbons (Fsp3) is 0.438. The largest absolute Gasteiger partial charge is 0.493 e. The highest BCUT2D eigenvalue weighted by atomic mass is 35.5. The summed E-state index contributed by atoms with van der Waals surface area (Å²) in [6.07, 6.45) is 2.48. The van der Waals surface area contributed by atoms with Crippen LogP contribution in [0.2, 0.25) is 0 Å². The molecule has 0 amide bonds. The molecule has 0 unspecified atom stereocenters. The number of hydrogen-bond acceptors (Lipinski definition) is 6. The number of nitrogens with one attached hydrogen (secondary N) is 2. The molecule has 2 aromatic rings. The Kier molecular flexibility index (Phi) is 6.97. The van der Waals surface area contributed by atoms with Crippen LogP contribution >= 0.6 is 12.4 Å². The SMILES string of the molecule is Cl.O=S(=O)(NCCN1CCCNCC1)c1cccc2c(O)nccc12. The Labute approximate surface area is 153 Å². The summed E-state index contributed by atoms with van der Waals surface area (Å²) in [6, 6.07) is 6.41. The van der Waals surface area contributed by atoms with Gasteiger partial charge in [-0.25, -0.2) is 18.1 Å². The van der Waals surface area contributed by atoms with E-state index in [1.165, 1.54) is 6.20 Å². The molecule has 138 valence electrons. The second-order valence-corrected chi connectivity index (χ2v) is 7.56. The number of hydrogen-bond donors (Lipinski definition) is 3. The van der Waals surface area contributed by atoms with Crippen LogP contribution in [0.5, 0.6) is 5.88 Å². The third-order valence-corrected chi connectivity index (χ3v) is 5.71. The van der Waals surface area contributed by atoms with Crippen LogP contribution < -0.4 is 10.0 Å². The summed E-state index contributed by atoms with van der Waals surface area (Å²) in [4.78, 5) is 6.20. The molecular weight excluding hydrogens is 364 g/mol. The lowest BCUT2D eigenvalue weighted by Gasteiger charge is -2.19. The Hall–Kier alpha value is -1.45. The van der Waals surface area contributed by atoms with Gasteiger partial charge in [-0.2, -0.15) is 0 Å². The van der Waals surface area contributed by atoms with E-state index >= 15 is 0 Å². The van der Waals surface area contributed by atoms with Crippen LogP contribution in [0.1, 0.15) is 6.42 Å². The van der Waals surface area contributed by atoms with E-state index in [9.17, 15) is 13.5 Å². The lowest BCUT2D eigenvalue weighted by atomic mass is 10.2. The van der Waals surface area contributed by atoms with E-state index in [1.807, 2.05) is 0 Å². The van der Waals surface area contributed by atoms with Gasteiger partial charge < -0.3 is 15.3 Å². The van der Waals surface area contributed by atoms with E-state index in [0.29, 0.717) is 23.9 Å². The highest BCUT2D eigenvalue weighted by Gasteiger charge is 2.18. The van der Waals surface area contributed by atoms with Crippen molar-refractivity contribution in [3.05, 3.63) is 30.5 Å². The van der Waals surface area contributed by atoms with Crippen molar-refractivity contribution in [3.8, 4) is 5.88 Å². The smallest absolute Gasteiger partial charge is 0.241 e. The van der Waals surface area contributed by atoms with Gasteiger partial charge in [0.1, 0.15) is 0 Å². The Morgan fingerprint density at radius 3 is 2.88 bits per heavy atom. The zero-order valence-electron chi connectivity index (χ0n) is 13.8. The van der Waals surface area contributed by atoms with E-state index in [0.717, 1.165) is 32.6 Å². The van der Waals surface area contributed by atoms with Crippen LogP contribution in [-0.4, -0.2) is 62.7 Å². The van der Waals surface area contributed by atoms with E-state index in [1.54, 1.807) is 24.3 Å². The van der Waals surface area contributed by atoms with Crippen molar-refractivity contribution in [2.75, 3.05) is 39.3 Å². The van der Waals surface area contributed by atoms with Crippen LogP contribution in [0.15, 0.2) is 35.4 Å². The molecule has 3 rings (SSSR count). The Morgan fingerprint density at radius 1 is 1.20 bits per heavy atom. The highest BCUT2D eigenvalue weighted by molar-refractivity contribution is 7.89. The molecule has 3 N–H and O–H groups in total. The van der Waals surface area contributed by atoms with E-state index < -0.39 is 10.0 Å². The van der Waals surface area contributed by atoms with Gasteiger partial charge >= 0.3 is 0 Å². The number of halogens is 1. The summed E-state index contributed by atoms with van der Waals surface area (Å²) in [5.74, 6) is -0.165. The van der Waals surface area contributed by atoms with Crippen LogP contribution in [-0.2, 0) is 10.0 Å². The molecule has 1 fully saturated rings.